The van der Waals surface area contributed by atoms with Gasteiger partial charge in [0.25, 0.3) is 0 Å². The minimum absolute atomic E-state index is 0.145. The maximum atomic E-state index is 12.0. The molecule has 1 aliphatic heterocycles. The van der Waals surface area contributed by atoms with Crippen LogP contribution >= 0.6 is 11.6 Å². The van der Waals surface area contributed by atoms with Crippen molar-refractivity contribution in [2.45, 2.75) is 19.3 Å². The molecule has 1 fully saturated rings. The van der Waals surface area contributed by atoms with Gasteiger partial charge in [0.1, 0.15) is 0 Å². The molecule has 2 aromatic rings. The molecule has 2 aromatic carbocycles. The van der Waals surface area contributed by atoms with E-state index in [1.807, 2.05) is 30.3 Å². The minimum atomic E-state index is 0.145. The number of aryl methyl sites for hydroxylation is 1. The summed E-state index contributed by atoms with van der Waals surface area (Å²) in [4.78, 5) is 16.8. The highest BCUT2D eigenvalue weighted by Gasteiger charge is 2.16. The van der Waals surface area contributed by atoms with E-state index in [9.17, 15) is 4.79 Å². The summed E-state index contributed by atoms with van der Waals surface area (Å²) in [6.45, 7) is 5.98. The van der Waals surface area contributed by atoms with Crippen molar-refractivity contribution in [3.8, 4) is 0 Å². The van der Waals surface area contributed by atoms with Gasteiger partial charge in [-0.1, -0.05) is 41.9 Å². The van der Waals surface area contributed by atoms with Crippen molar-refractivity contribution in [1.29, 1.82) is 0 Å². The lowest BCUT2D eigenvalue weighted by atomic mass is 10.1. The molecule has 0 radical (unpaired) electrons. The average molecular weight is 386 g/mol. The molecule has 0 atom stereocenters. The molecule has 0 unspecified atom stereocenters. The predicted octanol–water partition coefficient (Wildman–Crippen LogP) is 3.60. The number of carbonyl (C=O) groups excluding carboxylic acids is 1. The van der Waals surface area contributed by atoms with Crippen LogP contribution in [0.2, 0.25) is 5.02 Å². The van der Waals surface area contributed by atoms with Crippen molar-refractivity contribution in [2.75, 3.05) is 44.2 Å². The molecular formula is C22H28ClN3O. The Morgan fingerprint density at radius 2 is 1.67 bits per heavy atom. The van der Waals surface area contributed by atoms with Crippen LogP contribution in [-0.4, -0.2) is 50.1 Å². The number of amides is 1. The van der Waals surface area contributed by atoms with E-state index in [2.05, 4.69) is 39.4 Å². The lowest BCUT2D eigenvalue weighted by molar-refractivity contribution is -0.121. The second-order valence-corrected chi connectivity index (χ2v) is 7.43. The zero-order valence-corrected chi connectivity index (χ0v) is 16.5. The van der Waals surface area contributed by atoms with Crippen molar-refractivity contribution < 1.29 is 4.79 Å². The van der Waals surface area contributed by atoms with E-state index in [-0.39, 0.29) is 5.91 Å². The fraction of sp³-hybridized carbons (Fsp3) is 0.409. The van der Waals surface area contributed by atoms with E-state index in [4.69, 9.17) is 11.6 Å². The molecule has 1 heterocycles. The Labute approximate surface area is 167 Å². The Bertz CT molecular complexity index is 697. The number of rotatable bonds is 8. The smallest absolute Gasteiger partial charge is 0.220 e. The Balaban J connectivity index is 1.27. The molecule has 5 heteroatoms. The second-order valence-electron chi connectivity index (χ2n) is 6.99. The zero-order valence-electron chi connectivity index (χ0n) is 15.7. The number of hydrogen-bond acceptors (Lipinski definition) is 3. The lowest BCUT2D eigenvalue weighted by Gasteiger charge is -2.36. The number of anilines is 1. The Morgan fingerprint density at radius 3 is 2.37 bits per heavy atom. The molecule has 0 bridgehead atoms. The van der Waals surface area contributed by atoms with Gasteiger partial charge in [-0.3, -0.25) is 9.69 Å². The second kappa shape index (κ2) is 10.3. The number of piperazine rings is 1. The van der Waals surface area contributed by atoms with Gasteiger partial charge in [0.2, 0.25) is 5.91 Å². The van der Waals surface area contributed by atoms with Crippen LogP contribution in [0, 0.1) is 0 Å². The van der Waals surface area contributed by atoms with Crippen molar-refractivity contribution in [1.82, 2.24) is 10.2 Å². The summed E-state index contributed by atoms with van der Waals surface area (Å²) in [5.74, 6) is 0.145. The van der Waals surface area contributed by atoms with E-state index in [1.54, 1.807) is 0 Å². The number of nitrogens with zero attached hydrogens (tertiary/aromatic N) is 2. The van der Waals surface area contributed by atoms with Gasteiger partial charge in [0.05, 0.1) is 0 Å². The van der Waals surface area contributed by atoms with Gasteiger partial charge in [-0.15, -0.1) is 0 Å². The van der Waals surface area contributed by atoms with Gasteiger partial charge in [-0.2, -0.15) is 0 Å². The van der Waals surface area contributed by atoms with E-state index < -0.39 is 0 Å². The van der Waals surface area contributed by atoms with Gasteiger partial charge < -0.3 is 10.2 Å². The molecule has 1 saturated heterocycles. The first-order valence-electron chi connectivity index (χ1n) is 9.74. The summed E-state index contributed by atoms with van der Waals surface area (Å²) in [6.07, 6.45) is 2.36. The van der Waals surface area contributed by atoms with Crippen LogP contribution < -0.4 is 10.2 Å². The summed E-state index contributed by atoms with van der Waals surface area (Å²) < 4.78 is 0. The molecule has 1 amide bonds. The van der Waals surface area contributed by atoms with Crippen LogP contribution in [0.4, 0.5) is 5.69 Å². The summed E-state index contributed by atoms with van der Waals surface area (Å²) in [6, 6.07) is 18.2. The normalized spacial score (nSPS) is 14.9. The van der Waals surface area contributed by atoms with Crippen LogP contribution in [0.5, 0.6) is 0 Å². The van der Waals surface area contributed by atoms with E-state index in [1.165, 1.54) is 11.3 Å². The number of halogens is 1. The summed E-state index contributed by atoms with van der Waals surface area (Å²) in [7, 11) is 0. The van der Waals surface area contributed by atoms with E-state index >= 15 is 0 Å². The Hall–Kier alpha value is -2.04. The third-order valence-corrected chi connectivity index (χ3v) is 5.27. The standard InChI is InChI=1S/C22H28ClN3O/c23-20-8-10-21(11-9-20)26-17-15-25(16-18-26)14-4-13-24-22(27)12-7-19-5-2-1-3-6-19/h1-3,5-6,8-11H,4,7,12-18H2,(H,24,27). The highest BCUT2D eigenvalue weighted by molar-refractivity contribution is 6.30. The fourth-order valence-electron chi connectivity index (χ4n) is 3.40. The van der Waals surface area contributed by atoms with Crippen molar-refractivity contribution in [2.24, 2.45) is 0 Å². The highest BCUT2D eigenvalue weighted by Crippen LogP contribution is 2.19. The third-order valence-electron chi connectivity index (χ3n) is 5.02. The van der Waals surface area contributed by atoms with Crippen LogP contribution in [0.1, 0.15) is 18.4 Å². The van der Waals surface area contributed by atoms with Crippen LogP contribution in [0.25, 0.3) is 0 Å². The molecule has 144 valence electrons. The van der Waals surface area contributed by atoms with Gasteiger partial charge in [0, 0.05) is 49.9 Å². The van der Waals surface area contributed by atoms with E-state index in [0.717, 1.165) is 57.1 Å². The zero-order chi connectivity index (χ0) is 18.9. The van der Waals surface area contributed by atoms with Gasteiger partial charge >= 0.3 is 0 Å². The molecule has 0 spiro atoms. The predicted molar refractivity (Wildman–Crippen MR) is 112 cm³/mol. The van der Waals surface area contributed by atoms with Gasteiger partial charge in [-0.05, 0) is 49.2 Å². The molecule has 0 saturated carbocycles. The van der Waals surface area contributed by atoms with Crippen molar-refractivity contribution >= 4 is 23.2 Å². The quantitative estimate of drug-likeness (QED) is 0.705. The SMILES string of the molecule is O=C(CCc1ccccc1)NCCCN1CCN(c2ccc(Cl)cc2)CC1. The number of carbonyl (C=O) groups is 1. The maximum Gasteiger partial charge on any atom is 0.220 e. The molecule has 0 aliphatic carbocycles. The number of benzene rings is 2. The average Bonchev–Trinajstić information content (AvgIpc) is 2.71. The largest absolute Gasteiger partial charge is 0.369 e. The first-order valence-corrected chi connectivity index (χ1v) is 10.1. The summed E-state index contributed by atoms with van der Waals surface area (Å²) >= 11 is 5.96. The van der Waals surface area contributed by atoms with Crippen LogP contribution in [-0.2, 0) is 11.2 Å². The van der Waals surface area contributed by atoms with Gasteiger partial charge in [0.15, 0.2) is 0 Å². The molecule has 1 N–H and O–H groups in total. The molecule has 4 nitrogen and oxygen atoms in total. The maximum absolute atomic E-state index is 12.0. The topological polar surface area (TPSA) is 35.6 Å². The molecule has 27 heavy (non-hydrogen) atoms. The van der Waals surface area contributed by atoms with Crippen molar-refractivity contribution in [3.63, 3.8) is 0 Å². The fourth-order valence-corrected chi connectivity index (χ4v) is 3.53. The molecular weight excluding hydrogens is 358 g/mol. The number of nitrogens with one attached hydrogen (secondary N) is 1. The third kappa shape index (κ3) is 6.56. The first-order chi connectivity index (χ1) is 13.2. The summed E-state index contributed by atoms with van der Waals surface area (Å²) in [5, 5.41) is 3.82. The highest BCUT2D eigenvalue weighted by atomic mass is 35.5. The van der Waals surface area contributed by atoms with Crippen LogP contribution in [0.15, 0.2) is 54.6 Å². The van der Waals surface area contributed by atoms with E-state index in [0.29, 0.717) is 6.42 Å². The monoisotopic (exact) mass is 385 g/mol. The Kier molecular flexibility index (Phi) is 7.55. The molecule has 0 aromatic heterocycles. The Morgan fingerprint density at radius 1 is 0.963 bits per heavy atom. The van der Waals surface area contributed by atoms with Crippen LogP contribution in [0.3, 0.4) is 0 Å². The minimum Gasteiger partial charge on any atom is -0.369 e. The lowest BCUT2D eigenvalue weighted by Crippen LogP contribution is -2.47. The van der Waals surface area contributed by atoms with Gasteiger partial charge in [-0.25, -0.2) is 0 Å². The molecule has 1 aliphatic rings. The summed E-state index contributed by atoms with van der Waals surface area (Å²) in [5.41, 5.74) is 2.45. The van der Waals surface area contributed by atoms with Crippen molar-refractivity contribution in [3.05, 3.63) is 65.2 Å². The first kappa shape index (κ1) is 19.7. The number of hydrogen-bond donors (Lipinski definition) is 1. The molecule has 3 rings (SSSR count).